The molecule has 1 aliphatic rings. The molecule has 0 spiro atoms. The van der Waals surface area contributed by atoms with E-state index in [9.17, 15) is 5.11 Å². The van der Waals surface area contributed by atoms with E-state index in [0.717, 1.165) is 39.0 Å². The van der Waals surface area contributed by atoms with Crippen molar-refractivity contribution >= 4 is 34.5 Å². The zero-order valence-electron chi connectivity index (χ0n) is 18.4. The molecule has 5 nitrogen and oxygen atoms in total. The lowest BCUT2D eigenvalue weighted by Crippen LogP contribution is -2.35. The number of hydrogen-bond acceptors (Lipinski definition) is 6. The molecule has 1 aliphatic heterocycles. The van der Waals surface area contributed by atoms with E-state index in [1.807, 2.05) is 51.3 Å². The van der Waals surface area contributed by atoms with E-state index in [4.69, 9.17) is 4.74 Å². The summed E-state index contributed by atoms with van der Waals surface area (Å²) in [5.74, 6) is 0. The highest BCUT2D eigenvalue weighted by Crippen LogP contribution is 2.50. The standard InChI is InChI=1S/C25H29N3O2S/c1-26(2)19-10-12-21-23(16-19)31-24-17-20(27(3)4)11-13-22(24)28(21)25(29)30-15-14-18-8-6-5-7-9-18/h5-13,16-17,25,29H,14-15H2,1-4H3. The Hall–Kier alpha value is -2.67. The highest BCUT2D eigenvalue weighted by molar-refractivity contribution is 7.99. The third kappa shape index (κ3) is 4.66. The van der Waals surface area contributed by atoms with Crippen LogP contribution in [0.25, 0.3) is 0 Å². The summed E-state index contributed by atoms with van der Waals surface area (Å²) >= 11 is 1.73. The molecule has 0 aliphatic carbocycles. The molecule has 1 N–H and O–H groups in total. The van der Waals surface area contributed by atoms with Crippen molar-refractivity contribution in [1.82, 2.24) is 0 Å². The van der Waals surface area contributed by atoms with Crippen LogP contribution in [0, 0.1) is 0 Å². The van der Waals surface area contributed by atoms with Gasteiger partial charge < -0.3 is 19.6 Å². The second kappa shape index (κ2) is 9.22. The minimum atomic E-state index is -1.07. The van der Waals surface area contributed by atoms with Crippen LogP contribution in [0.3, 0.4) is 0 Å². The van der Waals surface area contributed by atoms with Crippen LogP contribution in [0.4, 0.5) is 22.7 Å². The largest absolute Gasteiger partial charge is 0.378 e. The monoisotopic (exact) mass is 435 g/mol. The summed E-state index contributed by atoms with van der Waals surface area (Å²) in [5.41, 5.74) is 5.34. The number of ether oxygens (including phenoxy) is 1. The first-order chi connectivity index (χ1) is 14.9. The van der Waals surface area contributed by atoms with E-state index in [1.165, 1.54) is 5.56 Å². The van der Waals surface area contributed by atoms with Crippen LogP contribution in [-0.2, 0) is 11.2 Å². The second-order valence-electron chi connectivity index (χ2n) is 8.00. The maximum Gasteiger partial charge on any atom is 0.242 e. The molecule has 1 atom stereocenters. The topological polar surface area (TPSA) is 39.2 Å². The molecule has 0 bridgehead atoms. The third-order valence-electron chi connectivity index (χ3n) is 5.38. The zero-order valence-corrected chi connectivity index (χ0v) is 19.3. The van der Waals surface area contributed by atoms with Gasteiger partial charge in [-0.05, 0) is 48.4 Å². The molecule has 3 aromatic carbocycles. The molecular formula is C25H29N3O2S. The fourth-order valence-corrected chi connectivity index (χ4v) is 4.75. The Bertz CT molecular complexity index is 983. The van der Waals surface area contributed by atoms with E-state index >= 15 is 0 Å². The van der Waals surface area contributed by atoms with E-state index in [1.54, 1.807) is 11.8 Å². The van der Waals surface area contributed by atoms with Gasteiger partial charge in [0.15, 0.2) is 0 Å². The van der Waals surface area contributed by atoms with E-state index in [-0.39, 0.29) is 0 Å². The number of hydrogen-bond donors (Lipinski definition) is 1. The number of fused-ring (bicyclic) bond motifs is 2. The fraction of sp³-hybridized carbons (Fsp3) is 0.280. The van der Waals surface area contributed by atoms with Crippen molar-refractivity contribution in [2.45, 2.75) is 22.6 Å². The van der Waals surface area contributed by atoms with Crippen molar-refractivity contribution in [3.8, 4) is 0 Å². The lowest BCUT2D eigenvalue weighted by Gasteiger charge is -2.36. The molecule has 0 radical (unpaired) electrons. The maximum absolute atomic E-state index is 11.1. The van der Waals surface area contributed by atoms with Crippen LogP contribution in [0.5, 0.6) is 0 Å². The molecule has 0 amide bonds. The fourth-order valence-electron chi connectivity index (χ4n) is 3.61. The first kappa shape index (κ1) is 21.6. The maximum atomic E-state index is 11.1. The molecule has 0 fully saturated rings. The Kier molecular flexibility index (Phi) is 6.41. The van der Waals surface area contributed by atoms with Gasteiger partial charge in [-0.2, -0.15) is 0 Å². The van der Waals surface area contributed by atoms with Gasteiger partial charge in [-0.15, -0.1) is 0 Å². The van der Waals surface area contributed by atoms with Gasteiger partial charge >= 0.3 is 0 Å². The summed E-state index contributed by atoms with van der Waals surface area (Å²) < 4.78 is 5.91. The predicted octanol–water partition coefficient (Wildman–Crippen LogP) is 4.96. The van der Waals surface area contributed by atoms with Crippen molar-refractivity contribution in [3.05, 3.63) is 72.3 Å². The van der Waals surface area contributed by atoms with Crippen LogP contribution in [0.1, 0.15) is 5.56 Å². The lowest BCUT2D eigenvalue weighted by atomic mass is 10.2. The first-order valence-electron chi connectivity index (χ1n) is 10.4. The number of nitrogens with zero attached hydrogens (tertiary/aromatic N) is 3. The molecule has 0 aromatic heterocycles. The Morgan fingerprint density at radius 3 is 1.90 bits per heavy atom. The average molecular weight is 436 g/mol. The summed E-state index contributed by atoms with van der Waals surface area (Å²) in [6.07, 6.45) is -0.322. The van der Waals surface area contributed by atoms with Crippen LogP contribution in [0.15, 0.2) is 76.5 Å². The van der Waals surface area contributed by atoms with E-state index < -0.39 is 6.41 Å². The molecule has 162 valence electrons. The van der Waals surface area contributed by atoms with Crippen LogP contribution in [0.2, 0.25) is 0 Å². The number of aliphatic hydroxyl groups excluding tert-OH is 1. The van der Waals surface area contributed by atoms with Gasteiger partial charge in [-0.1, -0.05) is 42.1 Å². The van der Waals surface area contributed by atoms with Gasteiger partial charge in [-0.25, -0.2) is 0 Å². The van der Waals surface area contributed by atoms with Gasteiger partial charge in [0.05, 0.1) is 18.0 Å². The van der Waals surface area contributed by atoms with E-state index in [2.05, 4.69) is 58.3 Å². The van der Waals surface area contributed by atoms with E-state index in [0.29, 0.717) is 6.61 Å². The number of anilines is 4. The predicted molar refractivity (Wildman–Crippen MR) is 130 cm³/mol. The highest BCUT2D eigenvalue weighted by Gasteiger charge is 2.29. The summed E-state index contributed by atoms with van der Waals surface area (Å²) in [5, 5.41) is 11.1. The molecule has 1 unspecified atom stereocenters. The normalized spacial score (nSPS) is 13.4. The number of rotatable bonds is 7. The molecule has 4 rings (SSSR count). The Morgan fingerprint density at radius 2 is 1.39 bits per heavy atom. The Labute approximate surface area is 188 Å². The molecule has 31 heavy (non-hydrogen) atoms. The van der Waals surface area contributed by atoms with Gasteiger partial charge in [0.2, 0.25) is 6.41 Å². The summed E-state index contributed by atoms with van der Waals surface area (Å²) in [6, 6.07) is 22.8. The van der Waals surface area contributed by atoms with Gasteiger partial charge in [-0.3, -0.25) is 4.90 Å². The molecular weight excluding hydrogens is 406 g/mol. The Morgan fingerprint density at radius 1 is 0.839 bits per heavy atom. The van der Waals surface area contributed by atoms with Gasteiger partial charge in [0, 0.05) is 49.4 Å². The third-order valence-corrected chi connectivity index (χ3v) is 6.47. The summed E-state index contributed by atoms with van der Waals surface area (Å²) in [7, 11) is 8.14. The Balaban J connectivity index is 1.63. The first-order valence-corrected chi connectivity index (χ1v) is 11.2. The SMILES string of the molecule is CN(C)c1ccc2c(c1)Sc1cc(N(C)C)ccc1N2C(O)OCCc1ccccc1. The zero-order chi connectivity index (χ0) is 22.0. The average Bonchev–Trinajstić information content (AvgIpc) is 2.77. The highest BCUT2D eigenvalue weighted by atomic mass is 32.2. The van der Waals surface area contributed by atoms with Crippen LogP contribution < -0.4 is 14.7 Å². The number of aliphatic hydroxyl groups is 1. The van der Waals surface area contributed by atoms with Gasteiger partial charge in [0.25, 0.3) is 0 Å². The van der Waals surface area contributed by atoms with Crippen molar-refractivity contribution in [2.75, 3.05) is 49.5 Å². The number of benzene rings is 3. The van der Waals surface area contributed by atoms with Crippen molar-refractivity contribution in [3.63, 3.8) is 0 Å². The molecule has 3 aromatic rings. The molecule has 0 saturated carbocycles. The van der Waals surface area contributed by atoms with Crippen molar-refractivity contribution < 1.29 is 9.84 Å². The summed E-state index contributed by atoms with van der Waals surface area (Å²) in [4.78, 5) is 8.26. The molecule has 0 saturated heterocycles. The summed E-state index contributed by atoms with van der Waals surface area (Å²) in [6.45, 7) is 0.436. The molecule has 1 heterocycles. The minimum absolute atomic E-state index is 0.436. The van der Waals surface area contributed by atoms with Gasteiger partial charge in [0.1, 0.15) is 0 Å². The van der Waals surface area contributed by atoms with Crippen LogP contribution in [-0.4, -0.2) is 46.3 Å². The van der Waals surface area contributed by atoms with Crippen LogP contribution >= 0.6 is 11.8 Å². The quantitative estimate of drug-likeness (QED) is 0.529. The second-order valence-corrected chi connectivity index (χ2v) is 9.08. The smallest absolute Gasteiger partial charge is 0.242 e. The van der Waals surface area contributed by atoms with Crippen molar-refractivity contribution in [1.29, 1.82) is 0 Å². The van der Waals surface area contributed by atoms with Crippen molar-refractivity contribution in [2.24, 2.45) is 0 Å². The minimum Gasteiger partial charge on any atom is -0.378 e. The lowest BCUT2D eigenvalue weighted by molar-refractivity contribution is -0.0922. The molecule has 6 heteroatoms.